The van der Waals surface area contributed by atoms with E-state index in [0.29, 0.717) is 11.3 Å². The van der Waals surface area contributed by atoms with Gasteiger partial charge >= 0.3 is 6.18 Å². The summed E-state index contributed by atoms with van der Waals surface area (Å²) in [6, 6.07) is 4.17. The minimum atomic E-state index is -4.54. The Hall–Kier alpha value is -2.51. The second-order valence-electron chi connectivity index (χ2n) is 4.97. The predicted molar refractivity (Wildman–Crippen MR) is 69.6 cm³/mol. The van der Waals surface area contributed by atoms with Gasteiger partial charge in [-0.3, -0.25) is 9.78 Å². The van der Waals surface area contributed by atoms with Crippen molar-refractivity contribution in [3.05, 3.63) is 52.9 Å². The van der Waals surface area contributed by atoms with Crippen LogP contribution in [0.3, 0.4) is 0 Å². The second-order valence-corrected chi connectivity index (χ2v) is 4.97. The van der Waals surface area contributed by atoms with E-state index in [0.717, 1.165) is 6.07 Å². The first-order valence-corrected chi connectivity index (χ1v) is 6.49. The monoisotopic (exact) mass is 308 g/mol. The van der Waals surface area contributed by atoms with E-state index in [9.17, 15) is 18.0 Å². The lowest BCUT2D eigenvalue weighted by molar-refractivity contribution is -0.141. The molecule has 2 aromatic rings. The van der Waals surface area contributed by atoms with E-state index in [4.69, 9.17) is 0 Å². The number of aryl methyl sites for hydroxylation is 1. The Morgan fingerprint density at radius 1 is 1.32 bits per heavy atom. The molecule has 0 saturated heterocycles. The molecule has 0 aromatic carbocycles. The molecule has 0 fully saturated rings. The van der Waals surface area contributed by atoms with Crippen molar-refractivity contribution in [2.45, 2.75) is 26.2 Å². The summed E-state index contributed by atoms with van der Waals surface area (Å²) in [4.78, 5) is 25.1. The number of hydrogen-bond donors (Lipinski definition) is 0. The molecular formula is C14H11F3N4O. The zero-order valence-corrected chi connectivity index (χ0v) is 11.6. The number of carbonyl (C=O) groups is 1. The first-order chi connectivity index (χ1) is 10.3. The van der Waals surface area contributed by atoms with E-state index in [-0.39, 0.29) is 30.5 Å². The molecule has 1 aliphatic heterocycles. The highest BCUT2D eigenvalue weighted by Gasteiger charge is 2.34. The molecule has 5 nitrogen and oxygen atoms in total. The molecule has 0 radical (unpaired) electrons. The number of fused-ring (bicyclic) bond motifs is 1. The fraction of sp³-hybridized carbons (Fsp3) is 0.286. The Labute approximate surface area is 123 Å². The van der Waals surface area contributed by atoms with Gasteiger partial charge in [0.25, 0.3) is 5.91 Å². The Bertz CT molecular complexity index is 745. The van der Waals surface area contributed by atoms with Crippen LogP contribution in [0.4, 0.5) is 13.2 Å². The maximum atomic E-state index is 12.8. The second kappa shape index (κ2) is 5.04. The van der Waals surface area contributed by atoms with Gasteiger partial charge in [0.2, 0.25) is 0 Å². The van der Waals surface area contributed by atoms with Crippen LogP contribution in [0.25, 0.3) is 0 Å². The van der Waals surface area contributed by atoms with Crippen molar-refractivity contribution in [1.82, 2.24) is 19.9 Å². The zero-order valence-electron chi connectivity index (χ0n) is 11.6. The normalized spacial score (nSPS) is 14.4. The van der Waals surface area contributed by atoms with Crippen LogP contribution < -0.4 is 0 Å². The fourth-order valence-electron chi connectivity index (χ4n) is 2.33. The Balaban J connectivity index is 1.86. The van der Waals surface area contributed by atoms with E-state index in [1.54, 1.807) is 18.3 Å². The highest BCUT2D eigenvalue weighted by atomic mass is 19.4. The van der Waals surface area contributed by atoms with Gasteiger partial charge in [-0.15, -0.1) is 0 Å². The Morgan fingerprint density at radius 2 is 2.09 bits per heavy atom. The van der Waals surface area contributed by atoms with Crippen molar-refractivity contribution in [3.63, 3.8) is 0 Å². The Morgan fingerprint density at radius 3 is 2.77 bits per heavy atom. The van der Waals surface area contributed by atoms with Gasteiger partial charge in [-0.05, 0) is 25.1 Å². The third-order valence-electron chi connectivity index (χ3n) is 3.27. The first-order valence-electron chi connectivity index (χ1n) is 6.49. The number of aromatic nitrogens is 3. The number of carbonyl (C=O) groups excluding carboxylic acids is 1. The van der Waals surface area contributed by atoms with Crippen molar-refractivity contribution >= 4 is 5.91 Å². The van der Waals surface area contributed by atoms with Crippen molar-refractivity contribution in [3.8, 4) is 0 Å². The molecule has 3 rings (SSSR count). The molecule has 22 heavy (non-hydrogen) atoms. The van der Waals surface area contributed by atoms with Crippen molar-refractivity contribution in [2.24, 2.45) is 0 Å². The van der Waals surface area contributed by atoms with Gasteiger partial charge in [-0.25, -0.2) is 9.97 Å². The summed E-state index contributed by atoms with van der Waals surface area (Å²) >= 11 is 0. The minimum absolute atomic E-state index is 0.0338. The van der Waals surface area contributed by atoms with E-state index in [1.165, 1.54) is 11.8 Å². The van der Waals surface area contributed by atoms with Crippen LogP contribution in [0.1, 0.15) is 33.3 Å². The molecule has 1 amide bonds. The summed E-state index contributed by atoms with van der Waals surface area (Å²) < 4.78 is 38.3. The van der Waals surface area contributed by atoms with E-state index in [2.05, 4.69) is 15.0 Å². The van der Waals surface area contributed by atoms with Crippen LogP contribution in [0.5, 0.6) is 0 Å². The molecule has 2 aromatic heterocycles. The van der Waals surface area contributed by atoms with Gasteiger partial charge in [0.05, 0.1) is 24.3 Å². The third kappa shape index (κ3) is 2.63. The van der Waals surface area contributed by atoms with Crippen LogP contribution in [0, 0.1) is 6.92 Å². The average molecular weight is 308 g/mol. The number of pyridine rings is 1. The zero-order chi connectivity index (χ0) is 15.9. The van der Waals surface area contributed by atoms with E-state index >= 15 is 0 Å². The van der Waals surface area contributed by atoms with Gasteiger partial charge in [-0.2, -0.15) is 13.2 Å². The van der Waals surface area contributed by atoms with Crippen LogP contribution in [-0.2, 0) is 19.3 Å². The summed E-state index contributed by atoms with van der Waals surface area (Å²) in [5.74, 6) is -0.310. The van der Waals surface area contributed by atoms with Gasteiger partial charge in [0.1, 0.15) is 11.5 Å². The number of amides is 1. The number of hydrogen-bond acceptors (Lipinski definition) is 4. The summed E-state index contributed by atoms with van der Waals surface area (Å²) in [6.45, 7) is 1.62. The summed E-state index contributed by atoms with van der Waals surface area (Å²) in [5.41, 5.74) is 0.277. The molecule has 8 heteroatoms. The SMILES string of the molecule is Cc1cc(C(F)(F)F)nc(CN2Cc3ncccc3C2=O)n1. The minimum Gasteiger partial charge on any atom is -0.325 e. The number of nitrogens with zero attached hydrogens (tertiary/aromatic N) is 4. The molecule has 0 atom stereocenters. The van der Waals surface area contributed by atoms with Crippen molar-refractivity contribution < 1.29 is 18.0 Å². The topological polar surface area (TPSA) is 59.0 Å². The van der Waals surface area contributed by atoms with E-state index in [1.807, 2.05) is 0 Å². The maximum Gasteiger partial charge on any atom is 0.433 e. The molecule has 0 saturated carbocycles. The van der Waals surface area contributed by atoms with Crippen molar-refractivity contribution in [2.75, 3.05) is 0 Å². The lowest BCUT2D eigenvalue weighted by atomic mass is 10.2. The summed E-state index contributed by atoms with van der Waals surface area (Å²) in [5, 5.41) is 0. The highest BCUT2D eigenvalue weighted by Crippen LogP contribution is 2.28. The maximum absolute atomic E-state index is 12.8. The average Bonchev–Trinajstić information content (AvgIpc) is 2.74. The fourth-order valence-corrected chi connectivity index (χ4v) is 2.33. The standard InChI is InChI=1S/C14H11F3N4O/c1-8-5-11(14(15,16)17)20-12(19-8)7-21-6-10-9(13(21)22)3-2-4-18-10/h2-5H,6-7H2,1H3. The largest absolute Gasteiger partial charge is 0.433 e. The molecule has 0 N–H and O–H groups in total. The molecule has 0 aliphatic carbocycles. The smallest absolute Gasteiger partial charge is 0.325 e. The predicted octanol–water partition coefficient (Wildman–Crippen LogP) is 2.35. The van der Waals surface area contributed by atoms with Crippen LogP contribution in [-0.4, -0.2) is 25.8 Å². The number of halogens is 3. The molecule has 0 unspecified atom stereocenters. The van der Waals surface area contributed by atoms with Crippen LogP contribution in [0.2, 0.25) is 0 Å². The quantitative estimate of drug-likeness (QED) is 0.854. The third-order valence-corrected chi connectivity index (χ3v) is 3.27. The highest BCUT2D eigenvalue weighted by molar-refractivity contribution is 5.97. The lowest BCUT2D eigenvalue weighted by Crippen LogP contribution is -2.25. The van der Waals surface area contributed by atoms with Crippen LogP contribution in [0.15, 0.2) is 24.4 Å². The van der Waals surface area contributed by atoms with Gasteiger partial charge < -0.3 is 4.90 Å². The molecule has 1 aliphatic rings. The van der Waals surface area contributed by atoms with Gasteiger partial charge in [-0.1, -0.05) is 0 Å². The first kappa shape index (κ1) is 14.4. The molecule has 0 spiro atoms. The van der Waals surface area contributed by atoms with Gasteiger partial charge in [0.15, 0.2) is 0 Å². The summed E-state index contributed by atoms with van der Waals surface area (Å²) in [6.07, 6.45) is -2.97. The molecule has 3 heterocycles. The van der Waals surface area contributed by atoms with Gasteiger partial charge in [0, 0.05) is 11.9 Å². The lowest BCUT2D eigenvalue weighted by Gasteiger charge is -2.15. The molecule has 114 valence electrons. The Kier molecular flexibility index (Phi) is 3.31. The van der Waals surface area contributed by atoms with Crippen LogP contribution >= 0.6 is 0 Å². The van der Waals surface area contributed by atoms with Crippen molar-refractivity contribution in [1.29, 1.82) is 0 Å². The number of alkyl halides is 3. The van der Waals surface area contributed by atoms with E-state index < -0.39 is 11.9 Å². The molecular weight excluding hydrogens is 297 g/mol. The molecule has 0 bridgehead atoms. The summed E-state index contributed by atoms with van der Waals surface area (Å²) in [7, 11) is 0. The number of rotatable bonds is 2.